The van der Waals surface area contributed by atoms with Gasteiger partial charge in [0.25, 0.3) is 0 Å². The zero-order chi connectivity index (χ0) is 15.6. The Morgan fingerprint density at radius 3 is 2.10 bits per heavy atom. The lowest BCUT2D eigenvalue weighted by molar-refractivity contribution is 0.371. The van der Waals surface area contributed by atoms with E-state index in [1.165, 1.54) is 0 Å². The van der Waals surface area contributed by atoms with Gasteiger partial charge in [-0.15, -0.1) is 0 Å². The van der Waals surface area contributed by atoms with E-state index in [1.807, 2.05) is 38.1 Å². The molecule has 0 saturated heterocycles. The Kier molecular flexibility index (Phi) is 4.49. The average Bonchev–Trinajstić information content (AvgIpc) is 2.45. The third-order valence-corrected chi connectivity index (χ3v) is 4.46. The highest BCUT2D eigenvalue weighted by Crippen LogP contribution is 2.43. The van der Waals surface area contributed by atoms with Gasteiger partial charge in [0.1, 0.15) is 6.07 Å². The second-order valence-electron chi connectivity index (χ2n) is 5.00. The van der Waals surface area contributed by atoms with Crippen LogP contribution in [0.15, 0.2) is 24.3 Å². The van der Waals surface area contributed by atoms with Crippen LogP contribution in [-0.2, 0) is 23.6 Å². The maximum atomic E-state index is 11.5. The maximum Gasteiger partial charge on any atom is 0.329 e. The Bertz CT molecular complexity index is 771. The van der Waals surface area contributed by atoms with E-state index in [9.17, 15) is 19.6 Å². The highest BCUT2D eigenvalue weighted by atomic mass is 31.2. The minimum absolute atomic E-state index is 0.282. The molecule has 2 N–H and O–H groups in total. The van der Waals surface area contributed by atoms with Gasteiger partial charge in [-0.3, -0.25) is 4.57 Å². The molecular weight excluding hydrogens is 285 g/mol. The molecule has 0 amide bonds. The van der Waals surface area contributed by atoms with Crippen LogP contribution in [0.3, 0.4) is 0 Å². The van der Waals surface area contributed by atoms with Crippen LogP contribution in [0.25, 0.3) is 10.8 Å². The van der Waals surface area contributed by atoms with Gasteiger partial charge >= 0.3 is 7.60 Å². The summed E-state index contributed by atoms with van der Waals surface area (Å²) >= 11 is 0. The van der Waals surface area contributed by atoms with Crippen molar-refractivity contribution in [2.24, 2.45) is 0 Å². The molecule has 0 heterocycles. The van der Waals surface area contributed by atoms with Crippen LogP contribution in [0.1, 0.15) is 36.1 Å². The Labute approximate surface area is 124 Å². The molecule has 0 aliphatic rings. The summed E-state index contributed by atoms with van der Waals surface area (Å²) in [4.78, 5) is 18.8. The van der Waals surface area contributed by atoms with Crippen molar-refractivity contribution < 1.29 is 14.4 Å². The third kappa shape index (κ3) is 3.01. The van der Waals surface area contributed by atoms with Crippen molar-refractivity contribution >= 4 is 18.4 Å². The van der Waals surface area contributed by atoms with E-state index in [0.29, 0.717) is 24.0 Å². The van der Waals surface area contributed by atoms with Gasteiger partial charge in [-0.05, 0) is 34.9 Å². The summed E-state index contributed by atoms with van der Waals surface area (Å²) in [6, 6.07) is 9.61. The maximum absolute atomic E-state index is 11.5. The molecule has 4 nitrogen and oxygen atoms in total. The fourth-order valence-electron chi connectivity index (χ4n) is 2.95. The molecule has 0 aliphatic carbocycles. The molecule has 0 fully saturated rings. The van der Waals surface area contributed by atoms with E-state index in [-0.39, 0.29) is 6.16 Å². The van der Waals surface area contributed by atoms with E-state index in [2.05, 4.69) is 6.07 Å². The molecule has 0 radical (unpaired) electrons. The number of rotatable bonds is 4. The molecule has 0 unspecified atom stereocenters. The minimum atomic E-state index is -4.17. The molecule has 2 aromatic rings. The van der Waals surface area contributed by atoms with Crippen LogP contribution in [0.2, 0.25) is 0 Å². The van der Waals surface area contributed by atoms with Gasteiger partial charge in [-0.25, -0.2) is 0 Å². The van der Waals surface area contributed by atoms with Crippen LogP contribution in [0.5, 0.6) is 0 Å². The molecule has 0 saturated carbocycles. The van der Waals surface area contributed by atoms with E-state index < -0.39 is 7.60 Å². The molecule has 2 aromatic carbocycles. The molecule has 2 rings (SSSR count). The number of hydrogen-bond acceptors (Lipinski definition) is 2. The standard InChI is InChI=1S/C16H18NO3P/c1-3-11-12(4-2)16(10-21(18,19)20)14-8-6-5-7-13(14)15(11)9-17/h5-8H,3-4,10H2,1-2H3,(H2,18,19,20). The quantitative estimate of drug-likeness (QED) is 0.847. The van der Waals surface area contributed by atoms with E-state index in [4.69, 9.17) is 0 Å². The van der Waals surface area contributed by atoms with E-state index in [0.717, 1.165) is 21.9 Å². The minimum Gasteiger partial charge on any atom is -0.324 e. The summed E-state index contributed by atoms with van der Waals surface area (Å²) in [5.74, 6) is 0. The normalized spacial score (nSPS) is 11.6. The fourth-order valence-corrected chi connectivity index (χ4v) is 3.73. The Hall–Kier alpha value is -1.66. The monoisotopic (exact) mass is 303 g/mol. The van der Waals surface area contributed by atoms with Gasteiger partial charge in [0.05, 0.1) is 11.7 Å². The SMILES string of the molecule is CCc1c(CC)c(CP(=O)(O)O)c2ccccc2c1C#N. The summed E-state index contributed by atoms with van der Waals surface area (Å²) < 4.78 is 11.5. The lowest BCUT2D eigenvalue weighted by Crippen LogP contribution is -2.04. The van der Waals surface area contributed by atoms with Gasteiger partial charge < -0.3 is 9.79 Å². The average molecular weight is 303 g/mol. The van der Waals surface area contributed by atoms with E-state index in [1.54, 1.807) is 0 Å². The first-order valence-electron chi connectivity index (χ1n) is 6.92. The summed E-state index contributed by atoms with van der Waals surface area (Å²) in [5, 5.41) is 11.0. The number of hydrogen-bond donors (Lipinski definition) is 2. The highest BCUT2D eigenvalue weighted by Gasteiger charge is 2.22. The lowest BCUT2D eigenvalue weighted by atomic mass is 9.88. The van der Waals surface area contributed by atoms with Gasteiger partial charge in [0.2, 0.25) is 0 Å². The van der Waals surface area contributed by atoms with Gasteiger partial charge in [-0.1, -0.05) is 38.1 Å². The topological polar surface area (TPSA) is 81.3 Å². The first kappa shape index (κ1) is 15.7. The number of nitrogens with zero attached hydrogens (tertiary/aromatic N) is 1. The summed E-state index contributed by atoms with van der Waals surface area (Å²) in [6.07, 6.45) is 1.04. The molecule has 0 aromatic heterocycles. The number of benzene rings is 2. The summed E-state index contributed by atoms with van der Waals surface area (Å²) in [7, 11) is -4.17. The molecule has 5 heteroatoms. The smallest absolute Gasteiger partial charge is 0.324 e. The first-order valence-corrected chi connectivity index (χ1v) is 8.72. The molecular formula is C16H18NO3P. The summed E-state index contributed by atoms with van der Waals surface area (Å²) in [5.41, 5.74) is 3.11. The molecule has 0 bridgehead atoms. The Morgan fingerprint density at radius 2 is 1.62 bits per heavy atom. The van der Waals surface area contributed by atoms with Crippen LogP contribution in [0.4, 0.5) is 0 Å². The Balaban J connectivity index is 2.94. The van der Waals surface area contributed by atoms with Crippen molar-refractivity contribution in [1.29, 1.82) is 5.26 Å². The van der Waals surface area contributed by atoms with Crippen molar-refractivity contribution in [2.45, 2.75) is 32.9 Å². The number of fused-ring (bicyclic) bond motifs is 1. The van der Waals surface area contributed by atoms with Crippen LogP contribution >= 0.6 is 7.60 Å². The zero-order valence-corrected chi connectivity index (χ0v) is 13.0. The first-order chi connectivity index (χ1) is 9.92. The van der Waals surface area contributed by atoms with Crippen LogP contribution in [0, 0.1) is 11.3 Å². The van der Waals surface area contributed by atoms with Crippen molar-refractivity contribution in [2.75, 3.05) is 0 Å². The zero-order valence-electron chi connectivity index (χ0n) is 12.1. The predicted octanol–water partition coefficient (Wildman–Crippen LogP) is 3.51. The lowest BCUT2D eigenvalue weighted by Gasteiger charge is -2.19. The van der Waals surface area contributed by atoms with Gasteiger partial charge in [0.15, 0.2) is 0 Å². The van der Waals surface area contributed by atoms with Gasteiger partial charge in [0, 0.05) is 5.39 Å². The Morgan fingerprint density at radius 1 is 1.05 bits per heavy atom. The van der Waals surface area contributed by atoms with Gasteiger partial charge in [-0.2, -0.15) is 5.26 Å². The molecule has 110 valence electrons. The van der Waals surface area contributed by atoms with Crippen molar-refractivity contribution in [3.8, 4) is 6.07 Å². The van der Waals surface area contributed by atoms with E-state index >= 15 is 0 Å². The molecule has 0 atom stereocenters. The van der Waals surface area contributed by atoms with Crippen molar-refractivity contribution in [1.82, 2.24) is 0 Å². The van der Waals surface area contributed by atoms with Crippen LogP contribution < -0.4 is 0 Å². The second-order valence-corrected chi connectivity index (χ2v) is 6.64. The predicted molar refractivity (Wildman–Crippen MR) is 83.2 cm³/mol. The third-order valence-electron chi connectivity index (χ3n) is 3.73. The fraction of sp³-hybridized carbons (Fsp3) is 0.312. The summed E-state index contributed by atoms with van der Waals surface area (Å²) in [6.45, 7) is 3.92. The number of nitriles is 1. The largest absolute Gasteiger partial charge is 0.329 e. The van der Waals surface area contributed by atoms with Crippen molar-refractivity contribution in [3.63, 3.8) is 0 Å². The highest BCUT2D eigenvalue weighted by molar-refractivity contribution is 7.50. The van der Waals surface area contributed by atoms with Crippen LogP contribution in [-0.4, -0.2) is 9.79 Å². The second kappa shape index (κ2) is 5.99. The van der Waals surface area contributed by atoms with Crippen molar-refractivity contribution in [3.05, 3.63) is 46.5 Å². The molecule has 0 aliphatic heterocycles. The molecule has 21 heavy (non-hydrogen) atoms. The molecule has 0 spiro atoms.